The van der Waals surface area contributed by atoms with Gasteiger partial charge in [-0.15, -0.1) is 0 Å². The number of hydrogen-bond acceptors (Lipinski definition) is 6. The molecule has 160 valence electrons. The molecule has 8 heteroatoms. The first-order valence-electron chi connectivity index (χ1n) is 9.82. The fourth-order valence-corrected chi connectivity index (χ4v) is 3.24. The zero-order valence-corrected chi connectivity index (χ0v) is 16.8. The first kappa shape index (κ1) is 21.9. The highest BCUT2D eigenvalue weighted by Gasteiger charge is 2.20. The standard InChI is InChI=1S/C23H23N3O5/c24-22(29)20(5-3-9-27)26-23(30)19-8-7-15(10-17(19)14-28)12-25-13-18-11-16-4-1-2-6-21(16)31-18/h1-2,4,6-11,14,20,25H,3,5,12-13H2,(H2,24,29)(H,26,30). The summed E-state index contributed by atoms with van der Waals surface area (Å²) in [5, 5.41) is 6.75. The lowest BCUT2D eigenvalue weighted by Gasteiger charge is -2.15. The Hall–Kier alpha value is -3.78. The number of hydrogen-bond donors (Lipinski definition) is 3. The number of primary amides is 1. The summed E-state index contributed by atoms with van der Waals surface area (Å²) in [5.41, 5.74) is 7.22. The fraction of sp³-hybridized carbons (Fsp3) is 0.217. The van der Waals surface area contributed by atoms with Crippen LogP contribution in [0.3, 0.4) is 0 Å². The van der Waals surface area contributed by atoms with Crippen LogP contribution >= 0.6 is 0 Å². The summed E-state index contributed by atoms with van der Waals surface area (Å²) in [6, 6.07) is 13.6. The third-order valence-electron chi connectivity index (χ3n) is 4.81. The van der Waals surface area contributed by atoms with Crippen LogP contribution < -0.4 is 16.4 Å². The van der Waals surface area contributed by atoms with Gasteiger partial charge in [0, 0.05) is 29.5 Å². The molecular weight excluding hydrogens is 398 g/mol. The molecule has 0 fully saturated rings. The largest absolute Gasteiger partial charge is 0.460 e. The average Bonchev–Trinajstić information content (AvgIpc) is 3.19. The predicted molar refractivity (Wildman–Crippen MR) is 114 cm³/mol. The van der Waals surface area contributed by atoms with Gasteiger partial charge >= 0.3 is 0 Å². The van der Waals surface area contributed by atoms with E-state index in [1.54, 1.807) is 12.1 Å². The van der Waals surface area contributed by atoms with Crippen molar-refractivity contribution in [1.29, 1.82) is 0 Å². The number of benzene rings is 2. The van der Waals surface area contributed by atoms with E-state index in [2.05, 4.69) is 10.6 Å². The number of nitrogens with two attached hydrogens (primary N) is 1. The second kappa shape index (κ2) is 10.3. The Bertz CT molecular complexity index is 1070. The number of rotatable bonds is 11. The van der Waals surface area contributed by atoms with Gasteiger partial charge in [0.15, 0.2) is 6.29 Å². The molecule has 1 aromatic heterocycles. The first-order chi connectivity index (χ1) is 15.0. The zero-order chi connectivity index (χ0) is 22.2. The molecule has 0 radical (unpaired) electrons. The van der Waals surface area contributed by atoms with Crippen molar-refractivity contribution in [2.75, 3.05) is 0 Å². The van der Waals surface area contributed by atoms with Crippen LogP contribution in [0.1, 0.15) is 44.9 Å². The van der Waals surface area contributed by atoms with Crippen LogP contribution in [0.4, 0.5) is 0 Å². The van der Waals surface area contributed by atoms with Crippen LogP contribution in [-0.2, 0) is 22.7 Å². The third kappa shape index (κ3) is 5.64. The van der Waals surface area contributed by atoms with Crippen molar-refractivity contribution in [2.45, 2.75) is 32.0 Å². The van der Waals surface area contributed by atoms with Crippen LogP contribution in [0.25, 0.3) is 11.0 Å². The molecular formula is C23H23N3O5. The Labute approximate surface area is 178 Å². The Morgan fingerprint density at radius 1 is 1.06 bits per heavy atom. The van der Waals surface area contributed by atoms with Crippen molar-refractivity contribution < 1.29 is 23.6 Å². The van der Waals surface area contributed by atoms with Gasteiger partial charge in [-0.25, -0.2) is 0 Å². The second-order valence-corrected chi connectivity index (χ2v) is 7.07. The number of para-hydroxylation sites is 1. The van der Waals surface area contributed by atoms with Gasteiger partial charge in [0.05, 0.1) is 6.54 Å². The molecule has 3 aromatic rings. The van der Waals surface area contributed by atoms with Gasteiger partial charge in [-0.1, -0.05) is 24.3 Å². The summed E-state index contributed by atoms with van der Waals surface area (Å²) in [6.45, 7) is 0.966. The number of carbonyl (C=O) groups is 4. The minimum Gasteiger partial charge on any atom is -0.460 e. The van der Waals surface area contributed by atoms with E-state index in [1.165, 1.54) is 6.07 Å². The molecule has 2 aromatic carbocycles. The Morgan fingerprint density at radius 2 is 1.87 bits per heavy atom. The smallest absolute Gasteiger partial charge is 0.252 e. The molecule has 3 rings (SSSR count). The summed E-state index contributed by atoms with van der Waals surface area (Å²) in [6.07, 6.45) is 1.42. The monoisotopic (exact) mass is 421 g/mol. The summed E-state index contributed by atoms with van der Waals surface area (Å²) < 4.78 is 5.75. The lowest BCUT2D eigenvalue weighted by atomic mass is 10.0. The van der Waals surface area contributed by atoms with Gasteiger partial charge < -0.3 is 25.6 Å². The van der Waals surface area contributed by atoms with Gasteiger partial charge in [-0.05, 0) is 36.2 Å². The molecule has 0 saturated carbocycles. The topological polar surface area (TPSA) is 132 Å². The van der Waals surface area contributed by atoms with Crippen molar-refractivity contribution in [1.82, 2.24) is 10.6 Å². The maximum absolute atomic E-state index is 12.5. The molecule has 1 heterocycles. The highest BCUT2D eigenvalue weighted by Crippen LogP contribution is 2.19. The normalized spacial score (nSPS) is 11.7. The Balaban J connectivity index is 1.63. The highest BCUT2D eigenvalue weighted by atomic mass is 16.3. The SMILES string of the molecule is NC(=O)C(CCC=O)NC(=O)c1ccc(CNCc2cc3ccccc3o2)cc1C=O. The average molecular weight is 421 g/mol. The molecule has 31 heavy (non-hydrogen) atoms. The third-order valence-corrected chi connectivity index (χ3v) is 4.81. The van der Waals surface area contributed by atoms with E-state index < -0.39 is 17.9 Å². The number of carbonyl (C=O) groups excluding carboxylic acids is 4. The molecule has 0 aliphatic heterocycles. The summed E-state index contributed by atoms with van der Waals surface area (Å²) >= 11 is 0. The van der Waals surface area contributed by atoms with E-state index in [4.69, 9.17) is 10.2 Å². The van der Waals surface area contributed by atoms with E-state index in [0.717, 1.165) is 22.3 Å². The molecule has 1 unspecified atom stereocenters. The fourth-order valence-electron chi connectivity index (χ4n) is 3.24. The van der Waals surface area contributed by atoms with Crippen molar-refractivity contribution in [3.8, 4) is 0 Å². The molecule has 2 amide bonds. The van der Waals surface area contributed by atoms with Crippen LogP contribution in [-0.4, -0.2) is 30.4 Å². The Kier molecular flexibility index (Phi) is 7.29. The molecule has 4 N–H and O–H groups in total. The minimum absolute atomic E-state index is 0.0876. The maximum atomic E-state index is 12.5. The van der Waals surface area contributed by atoms with Gasteiger partial charge in [0.25, 0.3) is 5.91 Å². The zero-order valence-electron chi connectivity index (χ0n) is 16.8. The number of furan rings is 1. The maximum Gasteiger partial charge on any atom is 0.252 e. The van der Waals surface area contributed by atoms with Crippen LogP contribution in [0.5, 0.6) is 0 Å². The van der Waals surface area contributed by atoms with E-state index in [1.807, 2.05) is 30.3 Å². The molecule has 1 atom stereocenters. The summed E-state index contributed by atoms with van der Waals surface area (Å²) in [5.74, 6) is -0.548. The van der Waals surface area contributed by atoms with Gasteiger partial charge in [-0.2, -0.15) is 0 Å². The minimum atomic E-state index is -0.984. The van der Waals surface area contributed by atoms with Gasteiger partial charge in [-0.3, -0.25) is 14.4 Å². The summed E-state index contributed by atoms with van der Waals surface area (Å²) in [7, 11) is 0. The molecule has 0 aliphatic carbocycles. The van der Waals surface area contributed by atoms with E-state index in [-0.39, 0.29) is 24.0 Å². The number of aldehydes is 2. The van der Waals surface area contributed by atoms with E-state index in [0.29, 0.717) is 25.7 Å². The quantitative estimate of drug-likeness (QED) is 0.406. The van der Waals surface area contributed by atoms with E-state index >= 15 is 0 Å². The Morgan fingerprint density at radius 3 is 2.58 bits per heavy atom. The van der Waals surface area contributed by atoms with Gasteiger partial charge in [0.1, 0.15) is 23.7 Å². The van der Waals surface area contributed by atoms with Crippen LogP contribution in [0.15, 0.2) is 52.9 Å². The number of fused-ring (bicyclic) bond motifs is 1. The van der Waals surface area contributed by atoms with Crippen molar-refractivity contribution in [3.63, 3.8) is 0 Å². The summed E-state index contributed by atoms with van der Waals surface area (Å²) in [4.78, 5) is 46.0. The second-order valence-electron chi connectivity index (χ2n) is 7.07. The number of amides is 2. The van der Waals surface area contributed by atoms with Crippen molar-refractivity contribution >= 4 is 35.4 Å². The number of nitrogens with one attached hydrogen (secondary N) is 2. The molecule has 0 aliphatic rings. The molecule has 8 nitrogen and oxygen atoms in total. The predicted octanol–water partition coefficient (Wildman–Crippen LogP) is 2.10. The van der Waals surface area contributed by atoms with Crippen LogP contribution in [0, 0.1) is 0 Å². The molecule has 0 bridgehead atoms. The molecule has 0 saturated heterocycles. The molecule has 0 spiro atoms. The van der Waals surface area contributed by atoms with Crippen molar-refractivity contribution in [3.05, 3.63) is 71.0 Å². The van der Waals surface area contributed by atoms with E-state index in [9.17, 15) is 19.2 Å². The first-order valence-corrected chi connectivity index (χ1v) is 9.82. The highest BCUT2D eigenvalue weighted by molar-refractivity contribution is 6.03. The lowest BCUT2D eigenvalue weighted by Crippen LogP contribution is -2.44. The van der Waals surface area contributed by atoms with Gasteiger partial charge in [0.2, 0.25) is 5.91 Å². The van der Waals surface area contributed by atoms with Crippen molar-refractivity contribution in [2.24, 2.45) is 5.73 Å². The van der Waals surface area contributed by atoms with Crippen LogP contribution in [0.2, 0.25) is 0 Å². The lowest BCUT2D eigenvalue weighted by molar-refractivity contribution is -0.120.